The number of hydrogen-bond acceptors (Lipinski definition) is 8. The lowest BCUT2D eigenvalue weighted by molar-refractivity contribution is -0.216. The number of Topliss-reactive ketones (excluding diaryl/α,β-unsaturated/α-hetero) is 1. The molecular weight excluding hydrogens is 665 g/mol. The second kappa shape index (κ2) is 15.7. The van der Waals surface area contributed by atoms with Crippen LogP contribution in [0.4, 0.5) is 5.69 Å². The van der Waals surface area contributed by atoms with Gasteiger partial charge in [0.1, 0.15) is 12.6 Å². The number of aliphatic imine (C=N–C) groups is 1. The van der Waals surface area contributed by atoms with Gasteiger partial charge >= 0.3 is 0 Å². The van der Waals surface area contributed by atoms with Crippen LogP contribution in [0.15, 0.2) is 53.5 Å². The highest BCUT2D eigenvalue weighted by molar-refractivity contribution is 6.17. The topological polar surface area (TPSA) is 139 Å². The summed E-state index contributed by atoms with van der Waals surface area (Å²) in [6.07, 6.45) is 7.44. The van der Waals surface area contributed by atoms with Crippen molar-refractivity contribution in [3.05, 3.63) is 65.2 Å². The molecule has 4 aliphatic carbocycles. The van der Waals surface area contributed by atoms with Gasteiger partial charge in [0, 0.05) is 23.9 Å². The third-order valence-corrected chi connectivity index (χ3v) is 15.4. The molecule has 0 saturated heterocycles. The molecule has 1 heterocycles. The van der Waals surface area contributed by atoms with E-state index in [1.54, 1.807) is 6.92 Å². The Morgan fingerprint density at radius 1 is 1.00 bits per heavy atom. The SMILES string of the molecule is C=O.CC(=O)C1C(=NCc2ccc(CC[C@@]3(O)CCC4(C)C(CC(O)C5C4CC(O)C4(C)C5CC[C@@H]4C(C)CCO)C3)cc2)c2ccccc2NC1C. The fourth-order valence-electron chi connectivity index (χ4n) is 12.5. The number of nitrogens with zero attached hydrogens (tertiary/aromatic N) is 1. The first-order valence-corrected chi connectivity index (χ1v) is 20.3. The van der Waals surface area contributed by atoms with Crippen LogP contribution in [0.25, 0.3) is 0 Å². The van der Waals surface area contributed by atoms with Gasteiger partial charge in [0.15, 0.2) is 0 Å². The van der Waals surface area contributed by atoms with Crippen LogP contribution in [0.3, 0.4) is 0 Å². The van der Waals surface area contributed by atoms with E-state index < -0.39 is 17.8 Å². The van der Waals surface area contributed by atoms with E-state index in [9.17, 15) is 25.2 Å². The zero-order valence-corrected chi connectivity index (χ0v) is 32.6. The zero-order valence-electron chi connectivity index (χ0n) is 32.6. The van der Waals surface area contributed by atoms with Gasteiger partial charge in [-0.05, 0) is 142 Å². The summed E-state index contributed by atoms with van der Waals surface area (Å²) in [7, 11) is 0. The van der Waals surface area contributed by atoms with E-state index >= 15 is 0 Å². The summed E-state index contributed by atoms with van der Waals surface area (Å²) in [5, 5.41) is 48.8. The summed E-state index contributed by atoms with van der Waals surface area (Å²) >= 11 is 0. The van der Waals surface area contributed by atoms with Gasteiger partial charge in [0.25, 0.3) is 0 Å². The number of aliphatic hydroxyl groups is 4. The Bertz CT molecular complexity index is 1630. The molecule has 290 valence electrons. The second-order valence-electron chi connectivity index (χ2n) is 18.1. The van der Waals surface area contributed by atoms with Crippen molar-refractivity contribution < 1.29 is 30.0 Å². The molecule has 5 N–H and O–H groups in total. The highest BCUT2D eigenvalue weighted by atomic mass is 16.3. The highest BCUT2D eigenvalue weighted by Gasteiger charge is 2.66. The predicted octanol–water partition coefficient (Wildman–Crippen LogP) is 6.79. The van der Waals surface area contributed by atoms with Gasteiger partial charge in [0.05, 0.1) is 36.0 Å². The van der Waals surface area contributed by atoms with Gasteiger partial charge in [-0.1, -0.05) is 63.2 Å². The normalized spacial score (nSPS) is 40.0. The summed E-state index contributed by atoms with van der Waals surface area (Å²) < 4.78 is 0. The monoisotopic (exact) mass is 728 g/mol. The predicted molar refractivity (Wildman–Crippen MR) is 210 cm³/mol. The van der Waals surface area contributed by atoms with Crippen molar-refractivity contribution in [1.29, 1.82) is 0 Å². The van der Waals surface area contributed by atoms with Crippen LogP contribution in [-0.2, 0) is 22.6 Å². The van der Waals surface area contributed by atoms with Crippen LogP contribution >= 0.6 is 0 Å². The van der Waals surface area contributed by atoms with E-state index in [2.05, 4.69) is 50.4 Å². The molecule has 2 aromatic carbocycles. The Balaban J connectivity index is 0.00000236. The van der Waals surface area contributed by atoms with E-state index in [1.807, 2.05) is 38.0 Å². The maximum Gasteiger partial charge on any atom is 0.140 e. The van der Waals surface area contributed by atoms with Gasteiger partial charge in [-0.2, -0.15) is 0 Å². The van der Waals surface area contributed by atoms with E-state index in [1.165, 1.54) is 5.56 Å². The van der Waals surface area contributed by atoms with Gasteiger partial charge in [-0.15, -0.1) is 0 Å². The molecule has 53 heavy (non-hydrogen) atoms. The van der Waals surface area contributed by atoms with Gasteiger partial charge < -0.3 is 30.5 Å². The fourth-order valence-corrected chi connectivity index (χ4v) is 12.5. The van der Waals surface area contributed by atoms with E-state index in [4.69, 9.17) is 9.79 Å². The minimum atomic E-state index is -0.762. The molecule has 0 aromatic heterocycles. The highest BCUT2D eigenvalue weighted by Crippen LogP contribution is 2.69. The summed E-state index contributed by atoms with van der Waals surface area (Å²) in [5.41, 5.74) is 4.19. The standard InChI is InChI=1S/C44H62N2O5.CH2O/c1-26(17-21-47)33-14-15-34-40-35(23-38(50)43(33,34)5)42(4)19-20-44(51,24-31(42)22-37(40)49)18-16-29-10-12-30(13-11-29)25-45-41-32-8-6-7-9-36(32)46-27(2)39(41)28(3)48;1-2/h6-13,26-27,31,33-35,37-40,46-47,49-51H,14-25H2,1-5H3;1H2/t26?,27?,31?,33-,34?,35?,37?,38?,39?,40?,42?,43?,44-;/m1./s1. The number of carbonyl (C=O) groups excluding carboxylic acids is 2. The summed E-state index contributed by atoms with van der Waals surface area (Å²) in [6.45, 7) is 13.3. The first-order chi connectivity index (χ1) is 25.3. The van der Waals surface area contributed by atoms with Gasteiger partial charge in [-0.3, -0.25) is 9.79 Å². The summed E-state index contributed by atoms with van der Waals surface area (Å²) in [4.78, 5) is 25.6. The lowest BCUT2D eigenvalue weighted by Crippen LogP contribution is -2.63. The molecule has 1 aliphatic heterocycles. The number of benzene rings is 2. The number of aryl methyl sites for hydroxylation is 1. The van der Waals surface area contributed by atoms with Crippen molar-refractivity contribution in [2.45, 2.75) is 129 Å². The van der Waals surface area contributed by atoms with Crippen molar-refractivity contribution in [3.63, 3.8) is 0 Å². The third kappa shape index (κ3) is 7.18. The molecule has 4 fully saturated rings. The molecule has 8 heteroatoms. The molecule has 0 radical (unpaired) electrons. The molecule has 13 atom stereocenters. The molecule has 7 rings (SSSR count). The van der Waals surface area contributed by atoms with Crippen LogP contribution in [0.2, 0.25) is 0 Å². The Kier molecular flexibility index (Phi) is 11.8. The molecule has 0 bridgehead atoms. The second-order valence-corrected chi connectivity index (χ2v) is 18.1. The molecular formula is C45H64N2O6. The minimum absolute atomic E-state index is 0.00446. The van der Waals surface area contributed by atoms with Crippen molar-refractivity contribution in [2.24, 2.45) is 57.2 Å². The Hall–Kier alpha value is -2.91. The smallest absolute Gasteiger partial charge is 0.140 e. The number of rotatable bonds is 9. The molecule has 0 spiro atoms. The molecule has 5 aliphatic rings. The van der Waals surface area contributed by atoms with Crippen LogP contribution in [-0.4, -0.2) is 69.2 Å². The van der Waals surface area contributed by atoms with Crippen LogP contribution in [0.1, 0.15) is 109 Å². The lowest BCUT2D eigenvalue weighted by atomic mass is 9.42. The number of anilines is 1. The number of nitrogens with one attached hydrogen (secondary N) is 1. The molecule has 2 aromatic rings. The number of fused-ring (bicyclic) bond motifs is 6. The number of carbonyl (C=O) groups is 2. The minimum Gasteiger partial charge on any atom is -0.396 e. The lowest BCUT2D eigenvalue weighted by Gasteiger charge is -2.64. The molecule has 8 nitrogen and oxygen atoms in total. The zero-order chi connectivity index (χ0) is 38.3. The van der Waals surface area contributed by atoms with E-state index in [0.29, 0.717) is 37.1 Å². The Morgan fingerprint density at radius 2 is 1.70 bits per heavy atom. The maximum absolute atomic E-state index is 12.6. The van der Waals surface area contributed by atoms with Crippen LogP contribution in [0.5, 0.6) is 0 Å². The van der Waals surface area contributed by atoms with Crippen molar-refractivity contribution in [1.82, 2.24) is 0 Å². The number of aliphatic hydroxyl groups excluding tert-OH is 3. The number of ketones is 1. The first-order valence-electron chi connectivity index (χ1n) is 20.3. The van der Waals surface area contributed by atoms with Crippen molar-refractivity contribution in [2.75, 3.05) is 11.9 Å². The quantitative estimate of drug-likeness (QED) is 0.192. The average Bonchev–Trinajstić information content (AvgIpc) is 3.50. The third-order valence-electron chi connectivity index (χ3n) is 15.4. The maximum atomic E-state index is 12.6. The van der Waals surface area contributed by atoms with Crippen LogP contribution in [0, 0.1) is 52.3 Å². The van der Waals surface area contributed by atoms with Crippen molar-refractivity contribution in [3.8, 4) is 0 Å². The fraction of sp³-hybridized carbons (Fsp3) is 0.667. The van der Waals surface area contributed by atoms with Crippen molar-refractivity contribution >= 4 is 24.0 Å². The van der Waals surface area contributed by atoms with E-state index in [0.717, 1.165) is 73.9 Å². The summed E-state index contributed by atoms with van der Waals surface area (Å²) in [5.74, 6) is 1.56. The molecule has 11 unspecified atom stereocenters. The average molecular weight is 729 g/mol. The Morgan fingerprint density at radius 3 is 2.40 bits per heavy atom. The number of hydrogen-bond donors (Lipinski definition) is 5. The molecule has 4 saturated carbocycles. The number of para-hydroxylation sites is 1. The van der Waals surface area contributed by atoms with Crippen LogP contribution < -0.4 is 5.32 Å². The Labute approximate surface area is 316 Å². The molecule has 0 amide bonds. The van der Waals surface area contributed by atoms with E-state index in [-0.39, 0.29) is 52.9 Å². The van der Waals surface area contributed by atoms with Gasteiger partial charge in [0.2, 0.25) is 0 Å². The summed E-state index contributed by atoms with van der Waals surface area (Å²) in [6, 6.07) is 16.6. The van der Waals surface area contributed by atoms with Gasteiger partial charge in [-0.25, -0.2) is 0 Å². The largest absolute Gasteiger partial charge is 0.396 e. The first kappa shape index (κ1) is 39.8.